The van der Waals surface area contributed by atoms with Gasteiger partial charge >= 0.3 is 13.7 Å². The largest absolute Gasteiger partial charge is 0.462 e. The Morgan fingerprint density at radius 2 is 2.04 bits per heavy atom. The molecule has 1 aliphatic heterocycles. The van der Waals surface area contributed by atoms with Gasteiger partial charge in [0, 0.05) is 18.4 Å². The molecule has 52 heavy (non-hydrogen) atoms. The summed E-state index contributed by atoms with van der Waals surface area (Å²) in [7, 11) is -4.34. The zero-order valence-electron chi connectivity index (χ0n) is 29.3. The molecule has 1 saturated heterocycles. The highest BCUT2D eigenvalue weighted by molar-refractivity contribution is 7.52. The molecule has 0 bridgehead atoms. The maximum atomic E-state index is 17.0. The number of anilines is 1. The van der Waals surface area contributed by atoms with Gasteiger partial charge in [0.2, 0.25) is 5.28 Å². The number of fused-ring (bicyclic) bond motifs is 1. The zero-order valence-corrected chi connectivity index (χ0v) is 30.9. The van der Waals surface area contributed by atoms with Gasteiger partial charge in [0.15, 0.2) is 35.2 Å². The van der Waals surface area contributed by atoms with Crippen LogP contribution >= 0.6 is 19.3 Å². The van der Waals surface area contributed by atoms with Crippen LogP contribution in [0.1, 0.15) is 46.7 Å². The Labute approximate surface area is 304 Å². The van der Waals surface area contributed by atoms with Crippen LogP contribution in [-0.4, -0.2) is 83.7 Å². The van der Waals surface area contributed by atoms with Crippen molar-refractivity contribution in [1.82, 2.24) is 45.2 Å². The number of nitrogens with zero attached hydrogens (tertiary/aromatic N) is 7. The molecule has 0 saturated carbocycles. The van der Waals surface area contributed by atoms with E-state index < -0.39 is 56.4 Å². The van der Waals surface area contributed by atoms with Gasteiger partial charge in [-0.3, -0.25) is 13.9 Å². The van der Waals surface area contributed by atoms with E-state index in [1.165, 1.54) is 17.8 Å². The van der Waals surface area contributed by atoms with Crippen LogP contribution in [0.5, 0.6) is 5.75 Å². The lowest BCUT2D eigenvalue weighted by atomic mass is 9.78. The monoisotopic (exact) mass is 758 g/mol. The van der Waals surface area contributed by atoms with Gasteiger partial charge in [-0.2, -0.15) is 20.3 Å². The van der Waals surface area contributed by atoms with Gasteiger partial charge in [0.05, 0.1) is 25.1 Å². The minimum Gasteiger partial charge on any atom is -0.462 e. The van der Waals surface area contributed by atoms with Crippen molar-refractivity contribution >= 4 is 42.3 Å². The third-order valence-corrected chi connectivity index (χ3v) is 9.92. The first-order chi connectivity index (χ1) is 24.9. The van der Waals surface area contributed by atoms with Gasteiger partial charge in [-0.1, -0.05) is 61.2 Å². The molecule has 1 aliphatic rings. The van der Waals surface area contributed by atoms with Crippen molar-refractivity contribution in [1.29, 1.82) is 0 Å². The van der Waals surface area contributed by atoms with E-state index in [0.717, 1.165) is 5.57 Å². The molecule has 0 amide bonds. The molecule has 1 fully saturated rings. The number of aromatic nitrogens is 8. The number of benzene rings is 1. The minimum atomic E-state index is -4.34. The SMILES string of the molecule is C=C/C=C(\C=C/C)CNc1nc(Cl)nc2c1ncn2[C@@H]1O[C@H](COP(=O)(N[C@@H](C)C(=O)OC(C)C)Oc2ccccc2)C(C)(Cc2nn[nH]n2)C1F. The summed E-state index contributed by atoms with van der Waals surface area (Å²) >= 11 is 6.36. The highest BCUT2D eigenvalue weighted by Crippen LogP contribution is 2.51. The number of ether oxygens (including phenoxy) is 2. The number of hydrogen-bond donors (Lipinski definition) is 3. The molecule has 6 atom stereocenters. The predicted molar refractivity (Wildman–Crippen MR) is 191 cm³/mol. The lowest BCUT2D eigenvalue weighted by molar-refractivity contribution is -0.149. The summed E-state index contributed by atoms with van der Waals surface area (Å²) in [4.78, 5) is 25.8. The second-order valence-corrected chi connectivity index (χ2v) is 14.5. The number of tetrazole rings is 1. The highest BCUT2D eigenvalue weighted by Gasteiger charge is 2.56. The molecule has 1 aromatic carbocycles. The molecule has 3 aromatic heterocycles. The van der Waals surface area contributed by atoms with Crippen molar-refractivity contribution in [2.24, 2.45) is 5.41 Å². The molecule has 278 valence electrons. The number of esters is 1. The third-order valence-electron chi connectivity index (χ3n) is 8.11. The van der Waals surface area contributed by atoms with E-state index in [4.69, 9.17) is 30.1 Å². The van der Waals surface area contributed by atoms with Crippen LogP contribution in [0.2, 0.25) is 5.28 Å². The first-order valence-corrected chi connectivity index (χ1v) is 18.4. The van der Waals surface area contributed by atoms with Crippen molar-refractivity contribution < 1.29 is 32.3 Å². The quantitative estimate of drug-likeness (QED) is 0.0513. The molecule has 3 N–H and O–H groups in total. The van der Waals surface area contributed by atoms with Crippen molar-refractivity contribution in [3.8, 4) is 5.75 Å². The van der Waals surface area contributed by atoms with Gasteiger partial charge in [-0.05, 0) is 57.0 Å². The van der Waals surface area contributed by atoms with E-state index in [-0.39, 0.29) is 28.9 Å². The van der Waals surface area contributed by atoms with Crippen LogP contribution in [0.25, 0.3) is 11.2 Å². The smallest absolute Gasteiger partial charge is 0.459 e. The van der Waals surface area contributed by atoms with Crippen molar-refractivity contribution in [2.75, 3.05) is 18.5 Å². The second-order valence-electron chi connectivity index (χ2n) is 12.5. The Morgan fingerprint density at radius 1 is 1.27 bits per heavy atom. The lowest BCUT2D eigenvalue weighted by Gasteiger charge is -2.31. The summed E-state index contributed by atoms with van der Waals surface area (Å²) in [5, 5.41) is 19.8. The van der Waals surface area contributed by atoms with Crippen molar-refractivity contribution in [2.45, 2.75) is 71.7 Å². The van der Waals surface area contributed by atoms with Gasteiger partial charge in [0.25, 0.3) is 0 Å². The number of aromatic amines is 1. The van der Waals surface area contributed by atoms with Crippen molar-refractivity contribution in [3.63, 3.8) is 0 Å². The first kappa shape index (κ1) is 38.7. The molecule has 16 nitrogen and oxygen atoms in total. The number of imidazole rings is 1. The number of carbonyl (C=O) groups is 1. The molecule has 5 rings (SSSR count). The Bertz CT molecular complexity index is 1950. The van der Waals surface area contributed by atoms with Gasteiger partial charge < -0.3 is 19.3 Å². The number of nitrogens with one attached hydrogen (secondary N) is 3. The second kappa shape index (κ2) is 16.9. The normalized spacial score (nSPS) is 22.5. The van der Waals surface area contributed by atoms with Crippen molar-refractivity contribution in [3.05, 3.63) is 84.2 Å². The maximum absolute atomic E-state index is 17.0. The van der Waals surface area contributed by atoms with E-state index in [0.29, 0.717) is 17.9 Å². The molecule has 19 heteroatoms. The molecular weight excluding hydrogens is 718 g/mol. The fraction of sp³-hybridized carbons (Fsp3) is 0.424. The van der Waals surface area contributed by atoms with Gasteiger partial charge in [-0.15, -0.1) is 10.2 Å². The molecule has 4 heterocycles. The van der Waals surface area contributed by atoms with Crippen LogP contribution in [-0.2, 0) is 29.8 Å². The molecule has 3 unspecified atom stereocenters. The van der Waals surface area contributed by atoms with E-state index in [1.807, 2.05) is 25.2 Å². The molecule has 4 aromatic rings. The fourth-order valence-electron chi connectivity index (χ4n) is 5.57. The Balaban J connectivity index is 1.46. The fourth-order valence-corrected chi connectivity index (χ4v) is 7.22. The van der Waals surface area contributed by atoms with E-state index in [2.05, 4.69) is 52.6 Å². The van der Waals surface area contributed by atoms with Crippen LogP contribution < -0.4 is 14.9 Å². The maximum Gasteiger partial charge on any atom is 0.459 e. The minimum absolute atomic E-state index is 0.0535. The number of rotatable bonds is 17. The number of hydrogen-bond acceptors (Lipinski definition) is 13. The topological polar surface area (TPSA) is 193 Å². The highest BCUT2D eigenvalue weighted by atomic mass is 35.5. The van der Waals surface area contributed by atoms with Crippen LogP contribution in [0.3, 0.4) is 0 Å². The molecule has 0 radical (unpaired) electrons. The van der Waals surface area contributed by atoms with E-state index in [1.54, 1.807) is 57.2 Å². The average molecular weight is 759 g/mol. The first-order valence-electron chi connectivity index (χ1n) is 16.4. The summed E-state index contributed by atoms with van der Waals surface area (Å²) in [6.45, 7) is 12.0. The number of carbonyl (C=O) groups excluding carboxylic acids is 1. The van der Waals surface area contributed by atoms with Crippen LogP contribution in [0, 0.1) is 5.41 Å². The molecule has 0 spiro atoms. The third kappa shape index (κ3) is 9.08. The summed E-state index contributed by atoms with van der Waals surface area (Å²) in [5.74, 6) is 0.0682. The molecule has 0 aliphatic carbocycles. The summed E-state index contributed by atoms with van der Waals surface area (Å²) in [6, 6.07) is 7.17. The van der Waals surface area contributed by atoms with Gasteiger partial charge in [-0.25, -0.2) is 13.9 Å². The van der Waals surface area contributed by atoms with E-state index in [9.17, 15) is 9.36 Å². The summed E-state index contributed by atoms with van der Waals surface area (Å²) < 4.78 is 56.1. The standard InChI is InChI=1S/C33H41ClFN10O6P/c1-7-12-22(13-8-2)17-36-28-26-29(39-32(34)38-28)45(19-37-26)30-27(35)33(6,16-25-40-43-44-41-25)24(50-30)18-48-52(47,51-23-14-10-9-11-15-23)42-21(5)31(46)49-20(3)4/h7-15,19-21,24,27,30H,1,16-18H2,2-6H3,(H,42,47)(H,36,38,39)(H,40,41,43,44)/b13-8-,22-12+/t21-,24+,27?,30+,33?,52?/m0/s1. The summed E-state index contributed by atoms with van der Waals surface area (Å²) in [6.07, 6.45) is 4.09. The Hall–Kier alpha value is -4.54. The number of allylic oxidation sites excluding steroid dienone is 3. The number of halogens is 2. The van der Waals surface area contributed by atoms with Gasteiger partial charge in [0.1, 0.15) is 11.8 Å². The number of para-hydroxylation sites is 1. The van der Waals surface area contributed by atoms with Crippen LogP contribution in [0.4, 0.5) is 10.2 Å². The van der Waals surface area contributed by atoms with E-state index >= 15 is 4.39 Å². The Morgan fingerprint density at radius 3 is 2.71 bits per heavy atom. The molecular formula is C33H41ClFN10O6P. The average Bonchev–Trinajstić information content (AvgIpc) is 3.82. The number of H-pyrrole nitrogens is 1. The Kier molecular flexibility index (Phi) is 12.5. The predicted octanol–water partition coefficient (Wildman–Crippen LogP) is 5.71. The summed E-state index contributed by atoms with van der Waals surface area (Å²) in [5.41, 5.74) is 0.0540. The number of alkyl halides is 1. The zero-order chi connectivity index (χ0) is 37.5. The lowest BCUT2D eigenvalue weighted by Crippen LogP contribution is -2.41. The van der Waals surface area contributed by atoms with Crippen LogP contribution in [0.15, 0.2) is 73.1 Å².